The Bertz CT molecular complexity index is 228. The maximum Gasteiger partial charge on any atom is 0.136 e. The first-order valence-corrected chi connectivity index (χ1v) is 6.24. The summed E-state index contributed by atoms with van der Waals surface area (Å²) < 4.78 is 0. The van der Waals surface area contributed by atoms with Crippen LogP contribution < -0.4 is 0 Å². The van der Waals surface area contributed by atoms with Crippen molar-refractivity contribution >= 4 is 5.78 Å². The molecule has 1 rings (SSSR count). The van der Waals surface area contributed by atoms with E-state index in [1.54, 1.807) is 0 Å². The van der Waals surface area contributed by atoms with Crippen molar-refractivity contribution in [3.63, 3.8) is 0 Å². The molecule has 0 unspecified atom stereocenters. The Morgan fingerprint density at radius 3 is 2.53 bits per heavy atom. The maximum absolute atomic E-state index is 11.7. The summed E-state index contributed by atoms with van der Waals surface area (Å²) >= 11 is 0. The molecule has 0 aromatic rings. The zero-order valence-corrected chi connectivity index (χ0v) is 9.80. The highest BCUT2D eigenvalue weighted by atomic mass is 16.1. The molecule has 1 aliphatic carbocycles. The lowest BCUT2D eigenvalue weighted by molar-refractivity contribution is -0.124. The van der Waals surface area contributed by atoms with Crippen LogP contribution in [0.15, 0.2) is 0 Å². The van der Waals surface area contributed by atoms with E-state index >= 15 is 0 Å². The van der Waals surface area contributed by atoms with Gasteiger partial charge in [-0.3, -0.25) is 4.79 Å². The molecule has 0 amide bonds. The van der Waals surface area contributed by atoms with E-state index in [-0.39, 0.29) is 0 Å². The molecule has 0 atom stereocenters. The lowest BCUT2D eigenvalue weighted by Gasteiger charge is -2.27. The molecule has 0 N–H and O–H groups in total. The highest BCUT2D eigenvalue weighted by molar-refractivity contribution is 5.81. The molecule has 0 heterocycles. The van der Waals surface area contributed by atoms with Crippen molar-refractivity contribution in [3.05, 3.63) is 0 Å². The van der Waals surface area contributed by atoms with E-state index < -0.39 is 0 Å². The van der Waals surface area contributed by atoms with Gasteiger partial charge in [-0.05, 0) is 31.6 Å². The molecule has 0 bridgehead atoms. The molecule has 0 aliphatic heterocycles. The van der Waals surface area contributed by atoms with Crippen LogP contribution in [0.5, 0.6) is 0 Å². The van der Waals surface area contributed by atoms with Crippen molar-refractivity contribution in [2.45, 2.75) is 58.3 Å². The summed E-state index contributed by atoms with van der Waals surface area (Å²) in [5.41, 5.74) is 0. The van der Waals surface area contributed by atoms with Crippen LogP contribution in [0.2, 0.25) is 0 Å². The van der Waals surface area contributed by atoms with Crippen LogP contribution in [0.4, 0.5) is 0 Å². The standard InChI is InChI=1S/C14H22O/c1-3-5-7-14(15)13-10-8-12(6-4-2)9-11-13/h1,12-13H,4-11H2,2H3. The van der Waals surface area contributed by atoms with Gasteiger partial charge in [0.1, 0.15) is 5.78 Å². The number of hydrogen-bond donors (Lipinski definition) is 0. The van der Waals surface area contributed by atoms with E-state index in [9.17, 15) is 4.79 Å². The molecule has 0 spiro atoms. The third kappa shape index (κ3) is 4.08. The first kappa shape index (κ1) is 12.3. The Morgan fingerprint density at radius 1 is 1.33 bits per heavy atom. The minimum absolute atomic E-state index is 0.325. The summed E-state index contributed by atoms with van der Waals surface area (Å²) in [6, 6.07) is 0. The predicted octanol–water partition coefficient (Wildman–Crippen LogP) is 3.58. The lowest BCUT2D eigenvalue weighted by atomic mass is 9.78. The van der Waals surface area contributed by atoms with E-state index in [2.05, 4.69) is 12.8 Å². The monoisotopic (exact) mass is 206 g/mol. The fraction of sp³-hybridized carbons (Fsp3) is 0.786. The van der Waals surface area contributed by atoms with Crippen molar-refractivity contribution in [1.82, 2.24) is 0 Å². The van der Waals surface area contributed by atoms with Gasteiger partial charge in [0.05, 0.1) is 0 Å². The molecule has 0 radical (unpaired) electrons. The van der Waals surface area contributed by atoms with Crippen LogP contribution in [0.1, 0.15) is 58.3 Å². The van der Waals surface area contributed by atoms with E-state index in [1.165, 1.54) is 25.7 Å². The summed E-state index contributed by atoms with van der Waals surface area (Å²) in [5, 5.41) is 0. The second-order valence-electron chi connectivity index (χ2n) is 4.68. The molecule has 0 saturated heterocycles. The van der Waals surface area contributed by atoms with Crippen LogP contribution >= 0.6 is 0 Å². The van der Waals surface area contributed by atoms with Gasteiger partial charge in [-0.25, -0.2) is 0 Å². The molecule has 0 aromatic heterocycles. The van der Waals surface area contributed by atoms with Crippen LogP contribution in [0.25, 0.3) is 0 Å². The molecule has 1 nitrogen and oxygen atoms in total. The number of Topliss-reactive ketones (excluding diaryl/α,β-unsaturated/α-hetero) is 1. The van der Waals surface area contributed by atoms with Gasteiger partial charge in [-0.2, -0.15) is 0 Å². The van der Waals surface area contributed by atoms with E-state index in [0.717, 1.165) is 18.8 Å². The zero-order valence-electron chi connectivity index (χ0n) is 9.80. The molecule has 1 fully saturated rings. The van der Waals surface area contributed by atoms with Crippen molar-refractivity contribution in [3.8, 4) is 12.3 Å². The maximum atomic E-state index is 11.7. The van der Waals surface area contributed by atoms with Crippen molar-refractivity contribution < 1.29 is 4.79 Å². The molecule has 1 saturated carbocycles. The smallest absolute Gasteiger partial charge is 0.136 e. The van der Waals surface area contributed by atoms with Crippen LogP contribution in [-0.4, -0.2) is 5.78 Å². The number of rotatable bonds is 5. The van der Waals surface area contributed by atoms with Gasteiger partial charge >= 0.3 is 0 Å². The number of hydrogen-bond acceptors (Lipinski definition) is 1. The molecular formula is C14H22O. The Morgan fingerprint density at radius 2 is 2.00 bits per heavy atom. The first-order chi connectivity index (χ1) is 7.27. The quantitative estimate of drug-likeness (QED) is 0.628. The Hall–Kier alpha value is -0.770. The minimum Gasteiger partial charge on any atom is -0.299 e. The van der Waals surface area contributed by atoms with Crippen molar-refractivity contribution in [2.24, 2.45) is 11.8 Å². The summed E-state index contributed by atoms with van der Waals surface area (Å²) in [6.07, 6.45) is 13.7. The molecule has 84 valence electrons. The van der Waals surface area contributed by atoms with Gasteiger partial charge in [0, 0.05) is 18.8 Å². The summed E-state index contributed by atoms with van der Waals surface area (Å²) in [7, 11) is 0. The van der Waals surface area contributed by atoms with E-state index in [1.807, 2.05) is 0 Å². The first-order valence-electron chi connectivity index (χ1n) is 6.24. The van der Waals surface area contributed by atoms with Gasteiger partial charge in [0.25, 0.3) is 0 Å². The number of ketones is 1. The fourth-order valence-corrected chi connectivity index (χ4v) is 2.58. The van der Waals surface area contributed by atoms with Gasteiger partial charge in [0.2, 0.25) is 0 Å². The molecule has 1 aliphatic rings. The van der Waals surface area contributed by atoms with Crippen molar-refractivity contribution in [1.29, 1.82) is 0 Å². The largest absolute Gasteiger partial charge is 0.299 e. The van der Waals surface area contributed by atoms with Crippen LogP contribution in [0.3, 0.4) is 0 Å². The third-order valence-electron chi connectivity index (χ3n) is 3.51. The average molecular weight is 206 g/mol. The summed E-state index contributed by atoms with van der Waals surface area (Å²) in [5.74, 6) is 4.16. The Kier molecular flexibility index (Phi) is 5.47. The second-order valence-corrected chi connectivity index (χ2v) is 4.68. The normalized spacial score (nSPS) is 25.9. The zero-order chi connectivity index (χ0) is 11.1. The van der Waals surface area contributed by atoms with Crippen molar-refractivity contribution in [2.75, 3.05) is 0 Å². The Labute approximate surface area is 93.6 Å². The predicted molar refractivity (Wildman–Crippen MR) is 63.4 cm³/mol. The van der Waals surface area contributed by atoms with E-state index in [0.29, 0.717) is 24.5 Å². The van der Waals surface area contributed by atoms with Crippen LogP contribution in [-0.2, 0) is 4.79 Å². The number of carbonyl (C=O) groups excluding carboxylic acids is 1. The Balaban J connectivity index is 2.25. The summed E-state index contributed by atoms with van der Waals surface area (Å²) in [4.78, 5) is 11.7. The van der Waals surface area contributed by atoms with E-state index in [4.69, 9.17) is 6.42 Å². The summed E-state index contributed by atoms with van der Waals surface area (Å²) in [6.45, 7) is 2.24. The van der Waals surface area contributed by atoms with Gasteiger partial charge in [-0.15, -0.1) is 12.3 Å². The van der Waals surface area contributed by atoms with Gasteiger partial charge in [-0.1, -0.05) is 19.8 Å². The van der Waals surface area contributed by atoms with Gasteiger partial charge < -0.3 is 0 Å². The topological polar surface area (TPSA) is 17.1 Å². The lowest BCUT2D eigenvalue weighted by Crippen LogP contribution is -2.21. The highest BCUT2D eigenvalue weighted by Crippen LogP contribution is 2.32. The molecule has 0 aromatic carbocycles. The minimum atomic E-state index is 0.325. The number of carbonyl (C=O) groups is 1. The van der Waals surface area contributed by atoms with Crippen LogP contribution in [0, 0.1) is 24.2 Å². The molecule has 15 heavy (non-hydrogen) atoms. The highest BCUT2D eigenvalue weighted by Gasteiger charge is 2.24. The molecule has 1 heteroatoms. The fourth-order valence-electron chi connectivity index (χ4n) is 2.58. The number of terminal acetylenes is 1. The molecular weight excluding hydrogens is 184 g/mol. The third-order valence-corrected chi connectivity index (χ3v) is 3.51. The van der Waals surface area contributed by atoms with Gasteiger partial charge in [0.15, 0.2) is 0 Å². The SMILES string of the molecule is C#CCCC(=O)C1CCC(CCC)CC1. The average Bonchev–Trinajstić information content (AvgIpc) is 2.27. The second kappa shape index (κ2) is 6.67.